The van der Waals surface area contributed by atoms with Crippen molar-refractivity contribution in [3.05, 3.63) is 67.5 Å². The van der Waals surface area contributed by atoms with E-state index in [1.165, 1.54) is 12.1 Å². The number of rotatable bonds is 3. The summed E-state index contributed by atoms with van der Waals surface area (Å²) in [7, 11) is 0. The van der Waals surface area contributed by atoms with Crippen LogP contribution < -0.4 is 4.90 Å². The van der Waals surface area contributed by atoms with Crippen molar-refractivity contribution < 1.29 is 9.59 Å². The van der Waals surface area contributed by atoms with Crippen LogP contribution in [0.25, 0.3) is 0 Å². The second-order valence-corrected chi connectivity index (χ2v) is 7.43. The first kappa shape index (κ1) is 17.6. The molecule has 0 aliphatic carbocycles. The van der Waals surface area contributed by atoms with Crippen molar-refractivity contribution >= 4 is 75.7 Å². The van der Waals surface area contributed by atoms with E-state index in [1.807, 2.05) is 30.3 Å². The number of carbonyl (C=O) groups excluding carboxylic acids is 2. The Kier molecular flexibility index (Phi) is 5.13. The lowest BCUT2D eigenvalue weighted by Gasteiger charge is -2.18. The zero-order valence-corrected chi connectivity index (χ0v) is 15.6. The Hall–Kier alpha value is -1.17. The van der Waals surface area contributed by atoms with E-state index >= 15 is 0 Å². The van der Waals surface area contributed by atoms with Gasteiger partial charge in [-0.15, -0.1) is 0 Å². The Bertz CT molecular complexity index is 860. The fourth-order valence-electron chi connectivity index (χ4n) is 2.13. The fraction of sp³-hybridized carbons (Fsp3) is 0. The monoisotopic (exact) mass is 417 g/mol. The van der Waals surface area contributed by atoms with Crippen molar-refractivity contribution in [1.82, 2.24) is 0 Å². The molecule has 0 aromatic heterocycles. The van der Waals surface area contributed by atoms with E-state index in [0.717, 1.165) is 21.6 Å². The van der Waals surface area contributed by atoms with E-state index in [2.05, 4.69) is 0 Å². The van der Waals surface area contributed by atoms with Crippen LogP contribution >= 0.6 is 58.2 Å². The van der Waals surface area contributed by atoms with Crippen LogP contribution in [0.4, 0.5) is 5.69 Å². The zero-order valence-electron chi connectivity index (χ0n) is 11.7. The lowest BCUT2D eigenvalue weighted by molar-refractivity contribution is -0.120. The van der Waals surface area contributed by atoms with Crippen LogP contribution in [0, 0.1) is 0 Å². The van der Waals surface area contributed by atoms with Gasteiger partial charge in [-0.1, -0.05) is 76.4 Å². The second-order valence-electron chi connectivity index (χ2n) is 4.72. The van der Waals surface area contributed by atoms with Crippen molar-refractivity contribution in [1.29, 1.82) is 0 Å². The summed E-state index contributed by atoms with van der Waals surface area (Å²) in [6.45, 7) is 0. The number of anilines is 1. The maximum atomic E-state index is 12.7. The normalized spacial score (nSPS) is 14.8. The predicted molar refractivity (Wildman–Crippen MR) is 99.1 cm³/mol. The van der Waals surface area contributed by atoms with Crippen LogP contribution in [0.3, 0.4) is 0 Å². The number of benzene rings is 2. The lowest BCUT2D eigenvalue weighted by atomic mass is 10.3. The zero-order chi connectivity index (χ0) is 17.4. The van der Waals surface area contributed by atoms with Crippen molar-refractivity contribution in [3.8, 4) is 0 Å². The molecule has 0 saturated heterocycles. The van der Waals surface area contributed by atoms with Crippen molar-refractivity contribution in [2.75, 3.05) is 4.90 Å². The Balaban J connectivity index is 2.00. The maximum Gasteiger partial charge on any atom is 0.278 e. The highest BCUT2D eigenvalue weighted by Gasteiger charge is 2.41. The third kappa shape index (κ3) is 3.17. The minimum atomic E-state index is -0.675. The van der Waals surface area contributed by atoms with Gasteiger partial charge in [-0.05, 0) is 24.3 Å². The number of carbonyl (C=O) groups is 2. The summed E-state index contributed by atoms with van der Waals surface area (Å²) in [5, 5.41) is 0.302. The summed E-state index contributed by atoms with van der Waals surface area (Å²) in [6.07, 6.45) is 0. The molecule has 0 bridgehead atoms. The molecular formula is C16H7Cl4NO2S. The van der Waals surface area contributed by atoms with Crippen LogP contribution in [0.2, 0.25) is 15.1 Å². The summed E-state index contributed by atoms with van der Waals surface area (Å²) >= 11 is 25.3. The number of amides is 2. The van der Waals surface area contributed by atoms with Gasteiger partial charge in [0.1, 0.15) is 9.94 Å². The van der Waals surface area contributed by atoms with E-state index in [0.29, 0.717) is 5.02 Å². The lowest BCUT2D eigenvalue weighted by Crippen LogP contribution is -2.31. The predicted octanol–water partition coefficient (Wildman–Crippen LogP) is 5.76. The number of nitrogens with zero attached hydrogens (tertiary/aromatic N) is 1. The molecule has 0 saturated carbocycles. The Morgan fingerprint density at radius 3 is 2.00 bits per heavy atom. The molecule has 1 heterocycles. The van der Waals surface area contributed by atoms with Gasteiger partial charge in [-0.2, -0.15) is 0 Å². The highest BCUT2D eigenvalue weighted by atomic mass is 35.5. The largest absolute Gasteiger partial charge is 0.278 e. The standard InChI is InChI=1S/C16H7Cl4NO2S/c17-8-6-10(18)13(11(19)7-8)21-15(22)12(20)14(16(21)23)24-9-4-2-1-3-5-9/h1-7H. The van der Waals surface area contributed by atoms with Crippen LogP contribution in [0.1, 0.15) is 0 Å². The second kappa shape index (κ2) is 6.98. The molecular weight excluding hydrogens is 412 g/mol. The van der Waals surface area contributed by atoms with Gasteiger partial charge in [-0.3, -0.25) is 9.59 Å². The number of thioether (sulfide) groups is 1. The van der Waals surface area contributed by atoms with Crippen LogP contribution in [-0.2, 0) is 9.59 Å². The van der Waals surface area contributed by atoms with E-state index < -0.39 is 11.8 Å². The molecule has 2 aromatic carbocycles. The number of hydrogen-bond acceptors (Lipinski definition) is 3. The third-order valence-electron chi connectivity index (χ3n) is 3.16. The van der Waals surface area contributed by atoms with Crippen LogP contribution in [0.5, 0.6) is 0 Å². The summed E-state index contributed by atoms with van der Waals surface area (Å²) in [4.78, 5) is 26.9. The average Bonchev–Trinajstić information content (AvgIpc) is 2.73. The Morgan fingerprint density at radius 1 is 0.833 bits per heavy atom. The van der Waals surface area contributed by atoms with Gasteiger partial charge in [0.25, 0.3) is 11.8 Å². The molecule has 122 valence electrons. The highest BCUT2D eigenvalue weighted by molar-refractivity contribution is 8.04. The van der Waals surface area contributed by atoms with E-state index in [9.17, 15) is 9.59 Å². The van der Waals surface area contributed by atoms with Gasteiger partial charge in [0, 0.05) is 9.92 Å². The minimum Gasteiger partial charge on any atom is -0.268 e. The van der Waals surface area contributed by atoms with E-state index in [1.54, 1.807) is 0 Å². The summed E-state index contributed by atoms with van der Waals surface area (Å²) < 4.78 is 0. The number of imide groups is 1. The molecule has 0 unspecified atom stereocenters. The van der Waals surface area contributed by atoms with Gasteiger partial charge in [-0.25, -0.2) is 4.90 Å². The molecule has 3 rings (SSSR count). The molecule has 0 spiro atoms. The summed E-state index contributed by atoms with van der Waals surface area (Å²) in [5.41, 5.74) is 0.0690. The van der Waals surface area contributed by atoms with Crippen molar-refractivity contribution in [3.63, 3.8) is 0 Å². The third-order valence-corrected chi connectivity index (χ3v) is 5.50. The molecule has 2 amide bonds. The van der Waals surface area contributed by atoms with Crippen LogP contribution in [0.15, 0.2) is 57.3 Å². The highest BCUT2D eigenvalue weighted by Crippen LogP contribution is 2.44. The molecule has 0 atom stereocenters. The summed E-state index contributed by atoms with van der Waals surface area (Å²) in [5.74, 6) is -1.25. The molecule has 0 fully saturated rings. The Morgan fingerprint density at radius 2 is 1.42 bits per heavy atom. The average molecular weight is 419 g/mol. The molecule has 0 radical (unpaired) electrons. The van der Waals surface area contributed by atoms with E-state index in [-0.39, 0.29) is 25.7 Å². The Labute approximate surface area is 162 Å². The first-order valence-electron chi connectivity index (χ1n) is 6.56. The number of hydrogen-bond donors (Lipinski definition) is 0. The van der Waals surface area contributed by atoms with Gasteiger partial charge >= 0.3 is 0 Å². The molecule has 1 aliphatic heterocycles. The molecule has 24 heavy (non-hydrogen) atoms. The SMILES string of the molecule is O=C1C(Cl)=C(Sc2ccccc2)C(=O)N1c1c(Cl)cc(Cl)cc1Cl. The first-order chi connectivity index (χ1) is 11.4. The molecule has 1 aliphatic rings. The summed E-state index contributed by atoms with van der Waals surface area (Å²) in [6, 6.07) is 11.9. The topological polar surface area (TPSA) is 37.4 Å². The molecule has 0 N–H and O–H groups in total. The smallest absolute Gasteiger partial charge is 0.268 e. The van der Waals surface area contributed by atoms with Gasteiger partial charge in [0.15, 0.2) is 0 Å². The van der Waals surface area contributed by atoms with Crippen molar-refractivity contribution in [2.45, 2.75) is 4.90 Å². The van der Waals surface area contributed by atoms with Crippen molar-refractivity contribution in [2.24, 2.45) is 0 Å². The van der Waals surface area contributed by atoms with Gasteiger partial charge in [0.2, 0.25) is 0 Å². The number of halogens is 4. The first-order valence-corrected chi connectivity index (χ1v) is 8.89. The molecule has 8 heteroatoms. The van der Waals surface area contributed by atoms with Gasteiger partial charge < -0.3 is 0 Å². The molecule has 2 aromatic rings. The minimum absolute atomic E-state index is 0.0690. The fourth-order valence-corrected chi connectivity index (χ4v) is 4.28. The molecule has 3 nitrogen and oxygen atoms in total. The van der Waals surface area contributed by atoms with E-state index in [4.69, 9.17) is 46.4 Å². The van der Waals surface area contributed by atoms with Crippen LogP contribution in [-0.4, -0.2) is 11.8 Å². The maximum absolute atomic E-state index is 12.7. The quantitative estimate of drug-likeness (QED) is 0.594. The van der Waals surface area contributed by atoms with Gasteiger partial charge in [0.05, 0.1) is 15.7 Å².